The molecule has 3 fully saturated rings. The summed E-state index contributed by atoms with van der Waals surface area (Å²) in [6.45, 7) is 8.03. The third-order valence-corrected chi connectivity index (χ3v) is 6.74. The number of hydrogen-bond acceptors (Lipinski definition) is 7. The zero-order valence-electron chi connectivity index (χ0n) is 20.0. The van der Waals surface area contributed by atoms with Gasteiger partial charge in [0.2, 0.25) is 0 Å². The van der Waals surface area contributed by atoms with E-state index in [0.717, 1.165) is 11.3 Å². The van der Waals surface area contributed by atoms with Crippen molar-refractivity contribution in [2.75, 3.05) is 32.8 Å². The van der Waals surface area contributed by atoms with Crippen LogP contribution >= 0.6 is 0 Å². The predicted octanol–water partition coefficient (Wildman–Crippen LogP) is 1.47. The number of likely N-dealkylation sites (tertiary alicyclic amines) is 1. The third-order valence-electron chi connectivity index (χ3n) is 6.74. The number of rotatable bonds is 6. The molecular formula is C23H35N3O7. The van der Waals surface area contributed by atoms with E-state index in [0.29, 0.717) is 45.4 Å². The Morgan fingerprint density at radius 2 is 1.76 bits per heavy atom. The average Bonchev–Trinajstić information content (AvgIpc) is 2.94. The van der Waals surface area contributed by atoms with Crippen molar-refractivity contribution in [2.45, 2.75) is 65.3 Å². The lowest BCUT2D eigenvalue weighted by Gasteiger charge is -2.43. The molecule has 4 amide bonds. The van der Waals surface area contributed by atoms with Crippen molar-refractivity contribution in [3.05, 3.63) is 0 Å². The van der Waals surface area contributed by atoms with Gasteiger partial charge in [0, 0.05) is 13.1 Å². The Bertz CT molecular complexity index is 819. The van der Waals surface area contributed by atoms with Crippen LogP contribution in [0.4, 0.5) is 4.79 Å². The number of imide groups is 1. The molecule has 2 saturated heterocycles. The Morgan fingerprint density at radius 1 is 1.09 bits per heavy atom. The Morgan fingerprint density at radius 3 is 2.36 bits per heavy atom. The van der Waals surface area contributed by atoms with Crippen LogP contribution in [0.1, 0.15) is 59.8 Å². The second-order valence-electron chi connectivity index (χ2n) is 10.3. The van der Waals surface area contributed by atoms with E-state index in [9.17, 15) is 24.0 Å². The molecule has 2 aliphatic heterocycles. The number of hydrogen-bond donors (Lipinski definition) is 1. The van der Waals surface area contributed by atoms with E-state index in [1.165, 1.54) is 4.90 Å². The summed E-state index contributed by atoms with van der Waals surface area (Å²) < 4.78 is 10.1. The van der Waals surface area contributed by atoms with Crippen LogP contribution in [-0.2, 0) is 28.7 Å². The van der Waals surface area contributed by atoms with E-state index < -0.39 is 36.6 Å². The van der Waals surface area contributed by atoms with Gasteiger partial charge in [-0.3, -0.25) is 24.1 Å². The van der Waals surface area contributed by atoms with Crippen LogP contribution in [0.15, 0.2) is 0 Å². The fourth-order valence-corrected chi connectivity index (χ4v) is 5.68. The normalized spacial score (nSPS) is 27.5. The van der Waals surface area contributed by atoms with Gasteiger partial charge in [-0.25, -0.2) is 4.79 Å². The van der Waals surface area contributed by atoms with E-state index in [1.807, 2.05) is 0 Å². The number of nitrogens with zero attached hydrogens (tertiary/aromatic N) is 2. The highest BCUT2D eigenvalue weighted by atomic mass is 16.5. The standard InChI is InChI=1S/C23H35N3O7/c1-5-32-19(29)16-6-8-25(9-7-16)17(27)13-33-18(28)12-26-20(30)23(24-21(26)31)11-15(2)10-22(3,4)14-23/h15-16H,5-14H2,1-4H3,(H,24,31)/t15-,23+/m0/s1. The van der Waals surface area contributed by atoms with Crippen LogP contribution in [0.25, 0.3) is 0 Å². The topological polar surface area (TPSA) is 122 Å². The molecule has 0 radical (unpaired) electrons. The van der Waals surface area contributed by atoms with Gasteiger partial charge in [0.15, 0.2) is 6.61 Å². The second-order valence-corrected chi connectivity index (χ2v) is 10.3. The van der Waals surface area contributed by atoms with Crippen molar-refractivity contribution in [3.8, 4) is 0 Å². The molecule has 0 aromatic rings. The van der Waals surface area contributed by atoms with Gasteiger partial charge in [-0.05, 0) is 50.4 Å². The van der Waals surface area contributed by atoms with Crippen LogP contribution in [-0.4, -0.2) is 78.0 Å². The summed E-state index contributed by atoms with van der Waals surface area (Å²) in [5, 5.41) is 2.82. The molecule has 3 aliphatic rings. The van der Waals surface area contributed by atoms with Gasteiger partial charge < -0.3 is 19.7 Å². The first-order valence-corrected chi connectivity index (χ1v) is 11.7. The summed E-state index contributed by atoms with van der Waals surface area (Å²) in [7, 11) is 0. The van der Waals surface area contributed by atoms with Crippen molar-refractivity contribution in [3.63, 3.8) is 0 Å². The minimum absolute atomic E-state index is 0.107. The molecule has 0 unspecified atom stereocenters. The Balaban J connectivity index is 1.48. The summed E-state index contributed by atoms with van der Waals surface area (Å²) in [6.07, 6.45) is 3.00. The molecule has 1 spiro atoms. The lowest BCUT2D eigenvalue weighted by atomic mass is 9.64. The molecule has 0 bridgehead atoms. The number of amides is 4. The third kappa shape index (κ3) is 5.65. The maximum Gasteiger partial charge on any atom is 0.326 e. The number of carbonyl (C=O) groups is 5. The van der Waals surface area contributed by atoms with Crippen molar-refractivity contribution >= 4 is 29.8 Å². The van der Waals surface area contributed by atoms with Crippen molar-refractivity contribution in [2.24, 2.45) is 17.3 Å². The minimum atomic E-state index is -0.988. The van der Waals surface area contributed by atoms with E-state index in [-0.39, 0.29) is 29.1 Å². The summed E-state index contributed by atoms with van der Waals surface area (Å²) in [4.78, 5) is 64.6. The van der Waals surface area contributed by atoms with Crippen LogP contribution in [0.2, 0.25) is 0 Å². The van der Waals surface area contributed by atoms with Gasteiger partial charge in [-0.2, -0.15) is 0 Å². The molecular weight excluding hydrogens is 430 g/mol. The molecule has 1 saturated carbocycles. The number of esters is 2. The number of urea groups is 1. The molecule has 1 N–H and O–H groups in total. The molecule has 33 heavy (non-hydrogen) atoms. The lowest BCUT2D eigenvalue weighted by molar-refractivity contribution is -0.156. The first-order valence-electron chi connectivity index (χ1n) is 11.7. The fraction of sp³-hybridized carbons (Fsp3) is 0.783. The number of ether oxygens (including phenoxy) is 2. The smallest absolute Gasteiger partial charge is 0.326 e. The predicted molar refractivity (Wildman–Crippen MR) is 117 cm³/mol. The molecule has 0 aromatic carbocycles. The van der Waals surface area contributed by atoms with Gasteiger partial charge in [0.05, 0.1) is 12.5 Å². The van der Waals surface area contributed by atoms with Gasteiger partial charge in [-0.15, -0.1) is 0 Å². The lowest BCUT2D eigenvalue weighted by Crippen LogP contribution is -2.54. The highest BCUT2D eigenvalue weighted by Gasteiger charge is 2.56. The number of carbonyl (C=O) groups excluding carboxylic acids is 5. The van der Waals surface area contributed by atoms with E-state index in [1.54, 1.807) is 6.92 Å². The Hall–Kier alpha value is -2.65. The van der Waals surface area contributed by atoms with E-state index >= 15 is 0 Å². The molecule has 1 aliphatic carbocycles. The Labute approximate surface area is 194 Å². The van der Waals surface area contributed by atoms with E-state index in [2.05, 4.69) is 26.1 Å². The molecule has 10 heteroatoms. The Kier molecular flexibility index (Phi) is 7.33. The van der Waals surface area contributed by atoms with E-state index in [4.69, 9.17) is 9.47 Å². The van der Waals surface area contributed by atoms with Crippen LogP contribution in [0.3, 0.4) is 0 Å². The van der Waals surface area contributed by atoms with Crippen LogP contribution in [0.5, 0.6) is 0 Å². The maximum absolute atomic E-state index is 13.1. The van der Waals surface area contributed by atoms with Crippen molar-refractivity contribution < 1.29 is 33.4 Å². The zero-order valence-corrected chi connectivity index (χ0v) is 20.0. The first kappa shape index (κ1) is 25.0. The molecule has 184 valence electrons. The fourth-order valence-electron chi connectivity index (χ4n) is 5.68. The average molecular weight is 466 g/mol. The largest absolute Gasteiger partial charge is 0.466 e. The second kappa shape index (κ2) is 9.69. The highest BCUT2D eigenvalue weighted by Crippen LogP contribution is 2.46. The monoisotopic (exact) mass is 465 g/mol. The van der Waals surface area contributed by atoms with Gasteiger partial charge >= 0.3 is 18.0 Å². The SMILES string of the molecule is CCOC(=O)C1CCN(C(=O)COC(=O)CN2C(=O)N[C@@]3(C[C@@H](C)CC(C)(C)C3)C2=O)CC1. The number of piperidine rings is 1. The molecule has 2 heterocycles. The quantitative estimate of drug-likeness (QED) is 0.465. The number of nitrogens with one attached hydrogen (secondary N) is 1. The molecule has 0 aromatic heterocycles. The summed E-state index contributed by atoms with van der Waals surface area (Å²) >= 11 is 0. The molecule has 3 rings (SSSR count). The van der Waals surface area contributed by atoms with Gasteiger partial charge in [-0.1, -0.05) is 20.8 Å². The minimum Gasteiger partial charge on any atom is -0.466 e. The summed E-state index contributed by atoms with van der Waals surface area (Å²) in [5.41, 5.74) is -1.10. The molecule has 2 atom stereocenters. The zero-order chi connectivity index (χ0) is 24.4. The van der Waals surface area contributed by atoms with Gasteiger partial charge in [0.1, 0.15) is 12.1 Å². The first-order chi connectivity index (χ1) is 15.5. The van der Waals surface area contributed by atoms with Gasteiger partial charge in [0.25, 0.3) is 11.8 Å². The maximum atomic E-state index is 13.1. The summed E-state index contributed by atoms with van der Waals surface area (Å²) in [5.74, 6) is -1.81. The van der Waals surface area contributed by atoms with Crippen LogP contribution in [0, 0.1) is 17.3 Å². The van der Waals surface area contributed by atoms with Crippen molar-refractivity contribution in [1.29, 1.82) is 0 Å². The molecule has 10 nitrogen and oxygen atoms in total. The van der Waals surface area contributed by atoms with Crippen molar-refractivity contribution in [1.82, 2.24) is 15.1 Å². The summed E-state index contributed by atoms with van der Waals surface area (Å²) in [6, 6.07) is -0.603. The van der Waals surface area contributed by atoms with Crippen LogP contribution < -0.4 is 5.32 Å². The highest BCUT2D eigenvalue weighted by molar-refractivity contribution is 6.08.